The summed E-state index contributed by atoms with van der Waals surface area (Å²) in [6.07, 6.45) is 4.03. The second-order valence-electron chi connectivity index (χ2n) is 6.39. The molecule has 25 heavy (non-hydrogen) atoms. The lowest BCUT2D eigenvalue weighted by molar-refractivity contribution is -0.129. The highest BCUT2D eigenvalue weighted by Crippen LogP contribution is 2.41. The van der Waals surface area contributed by atoms with Crippen LogP contribution in [0.5, 0.6) is 11.5 Å². The van der Waals surface area contributed by atoms with Crippen molar-refractivity contribution in [3.8, 4) is 11.5 Å². The number of nitrogens with zero attached hydrogens (tertiary/aromatic N) is 1. The van der Waals surface area contributed by atoms with Crippen LogP contribution in [0.3, 0.4) is 0 Å². The van der Waals surface area contributed by atoms with Gasteiger partial charge in [-0.1, -0.05) is 32.3 Å². The number of Topliss-reactive ketones (excluding diaryl/α,β-unsaturated/α-hetero) is 1. The maximum atomic E-state index is 12.5. The Labute approximate surface area is 147 Å². The molecule has 0 spiro atoms. The first-order chi connectivity index (χ1) is 12.0. The molecular formula is C19H23NO5. The normalized spacial score (nSPS) is 19.0. The van der Waals surface area contributed by atoms with Crippen molar-refractivity contribution in [2.24, 2.45) is 0 Å². The molecule has 2 aliphatic rings. The number of benzene rings is 1. The molecule has 0 saturated heterocycles. The smallest absolute Gasteiger partial charge is 0.290 e. The molecule has 0 saturated carbocycles. The van der Waals surface area contributed by atoms with Crippen molar-refractivity contribution in [2.45, 2.75) is 45.6 Å². The van der Waals surface area contributed by atoms with Gasteiger partial charge in [0.05, 0.1) is 11.6 Å². The minimum Gasteiger partial charge on any atom is -0.503 e. The molecule has 0 aliphatic carbocycles. The third-order valence-electron chi connectivity index (χ3n) is 4.65. The van der Waals surface area contributed by atoms with Gasteiger partial charge in [0.1, 0.15) is 0 Å². The molecule has 0 radical (unpaired) electrons. The predicted molar refractivity (Wildman–Crippen MR) is 91.5 cm³/mol. The second-order valence-corrected chi connectivity index (χ2v) is 6.39. The number of unbranched alkanes of at least 4 members (excludes halogenated alkanes) is 3. The van der Waals surface area contributed by atoms with Crippen LogP contribution in [0.15, 0.2) is 29.5 Å². The van der Waals surface area contributed by atoms with Gasteiger partial charge in [0.25, 0.3) is 5.91 Å². The number of ketones is 1. The average Bonchev–Trinajstić information content (AvgIpc) is 3.15. The van der Waals surface area contributed by atoms with Crippen molar-refractivity contribution in [1.29, 1.82) is 0 Å². The number of carbonyl (C=O) groups is 2. The Morgan fingerprint density at radius 3 is 2.72 bits per heavy atom. The van der Waals surface area contributed by atoms with Gasteiger partial charge >= 0.3 is 0 Å². The summed E-state index contributed by atoms with van der Waals surface area (Å²) in [4.78, 5) is 26.2. The summed E-state index contributed by atoms with van der Waals surface area (Å²) in [5, 5.41) is 10.2. The molecule has 0 bridgehead atoms. The lowest BCUT2D eigenvalue weighted by Crippen LogP contribution is -2.32. The highest BCUT2D eigenvalue weighted by Gasteiger charge is 2.42. The lowest BCUT2D eigenvalue weighted by Gasteiger charge is -2.26. The number of rotatable bonds is 7. The SMILES string of the molecule is CCCCCCN1C(=O)C(O)=C(C(C)=O)[C@@H]1c1ccc2c(c1)OCO2. The fourth-order valence-electron chi connectivity index (χ4n) is 3.38. The number of carbonyl (C=O) groups excluding carboxylic acids is 2. The minimum absolute atomic E-state index is 0.152. The van der Waals surface area contributed by atoms with Gasteiger partial charge < -0.3 is 19.5 Å². The van der Waals surface area contributed by atoms with Crippen LogP contribution in [0.1, 0.15) is 51.1 Å². The summed E-state index contributed by atoms with van der Waals surface area (Å²) >= 11 is 0. The first kappa shape index (κ1) is 17.3. The Morgan fingerprint density at radius 1 is 1.24 bits per heavy atom. The van der Waals surface area contributed by atoms with Crippen LogP contribution in [-0.2, 0) is 9.59 Å². The molecule has 3 rings (SSSR count). The quantitative estimate of drug-likeness (QED) is 0.768. The van der Waals surface area contributed by atoms with Crippen LogP contribution < -0.4 is 9.47 Å². The molecule has 1 atom stereocenters. The van der Waals surface area contributed by atoms with Crippen LogP contribution >= 0.6 is 0 Å². The molecule has 1 amide bonds. The molecule has 134 valence electrons. The summed E-state index contributed by atoms with van der Waals surface area (Å²) in [7, 11) is 0. The first-order valence-electron chi connectivity index (χ1n) is 8.69. The van der Waals surface area contributed by atoms with Gasteiger partial charge in [0, 0.05) is 6.54 Å². The number of ether oxygens (including phenoxy) is 2. The maximum absolute atomic E-state index is 12.5. The molecule has 2 aliphatic heterocycles. The number of fused-ring (bicyclic) bond motifs is 1. The van der Waals surface area contributed by atoms with Crippen LogP contribution in [-0.4, -0.2) is 35.0 Å². The van der Waals surface area contributed by atoms with E-state index in [0.717, 1.165) is 31.2 Å². The fraction of sp³-hybridized carbons (Fsp3) is 0.474. The maximum Gasteiger partial charge on any atom is 0.290 e. The Bertz CT molecular complexity index is 725. The van der Waals surface area contributed by atoms with Crippen molar-refractivity contribution in [1.82, 2.24) is 4.90 Å². The average molecular weight is 345 g/mol. The summed E-state index contributed by atoms with van der Waals surface area (Å²) in [6.45, 7) is 4.15. The molecule has 0 aromatic heterocycles. The highest BCUT2D eigenvalue weighted by molar-refractivity contribution is 6.08. The largest absolute Gasteiger partial charge is 0.503 e. The summed E-state index contributed by atoms with van der Waals surface area (Å²) in [6, 6.07) is 4.78. The summed E-state index contributed by atoms with van der Waals surface area (Å²) in [5.74, 6) is 0.00455. The van der Waals surface area contributed by atoms with Gasteiger partial charge in [-0.25, -0.2) is 0 Å². The van der Waals surface area contributed by atoms with Gasteiger partial charge in [-0.05, 0) is 31.0 Å². The molecule has 6 nitrogen and oxygen atoms in total. The van der Waals surface area contributed by atoms with E-state index < -0.39 is 17.7 Å². The van der Waals surface area contributed by atoms with Crippen LogP contribution in [0.4, 0.5) is 0 Å². The highest BCUT2D eigenvalue weighted by atomic mass is 16.7. The molecule has 0 fully saturated rings. The minimum atomic E-state index is -0.582. The van der Waals surface area contributed by atoms with E-state index in [1.165, 1.54) is 6.92 Å². The van der Waals surface area contributed by atoms with E-state index in [0.29, 0.717) is 18.0 Å². The molecule has 6 heteroatoms. The zero-order chi connectivity index (χ0) is 18.0. The topological polar surface area (TPSA) is 76.1 Å². The molecule has 1 N–H and O–H groups in total. The van der Waals surface area contributed by atoms with E-state index in [1.54, 1.807) is 17.0 Å². The van der Waals surface area contributed by atoms with Crippen LogP contribution in [0, 0.1) is 0 Å². The molecule has 1 aromatic rings. The Morgan fingerprint density at radius 2 is 2.00 bits per heavy atom. The van der Waals surface area contributed by atoms with Crippen molar-refractivity contribution < 1.29 is 24.2 Å². The predicted octanol–water partition coefficient (Wildman–Crippen LogP) is 3.28. The standard InChI is InChI=1S/C19H23NO5/c1-3-4-5-6-9-20-17(16(12(2)21)18(22)19(20)23)13-7-8-14-15(10-13)25-11-24-14/h7-8,10,17,22H,3-6,9,11H2,1-2H3/t17-/m0/s1. The van der Waals surface area contributed by atoms with E-state index in [-0.39, 0.29) is 18.1 Å². The van der Waals surface area contributed by atoms with Crippen LogP contribution in [0.25, 0.3) is 0 Å². The monoisotopic (exact) mass is 345 g/mol. The number of hydrogen-bond acceptors (Lipinski definition) is 5. The van der Waals surface area contributed by atoms with Crippen molar-refractivity contribution >= 4 is 11.7 Å². The van der Waals surface area contributed by atoms with Gasteiger partial charge in [0.15, 0.2) is 23.0 Å². The van der Waals surface area contributed by atoms with E-state index in [1.807, 2.05) is 6.07 Å². The second kappa shape index (κ2) is 7.17. The van der Waals surface area contributed by atoms with E-state index in [2.05, 4.69) is 6.92 Å². The van der Waals surface area contributed by atoms with E-state index >= 15 is 0 Å². The fourth-order valence-corrected chi connectivity index (χ4v) is 3.38. The molecule has 1 aromatic carbocycles. The lowest BCUT2D eigenvalue weighted by atomic mass is 9.96. The summed E-state index contributed by atoms with van der Waals surface area (Å²) in [5.41, 5.74) is 0.890. The number of hydrogen-bond donors (Lipinski definition) is 1. The number of amides is 1. The first-order valence-corrected chi connectivity index (χ1v) is 8.69. The zero-order valence-electron chi connectivity index (χ0n) is 14.6. The van der Waals surface area contributed by atoms with Gasteiger partial charge in [-0.3, -0.25) is 9.59 Å². The third-order valence-corrected chi connectivity index (χ3v) is 4.65. The zero-order valence-corrected chi connectivity index (χ0v) is 14.6. The third kappa shape index (κ3) is 3.21. The molecule has 2 heterocycles. The Balaban J connectivity index is 1.92. The molecule has 0 unspecified atom stereocenters. The van der Waals surface area contributed by atoms with Gasteiger partial charge in [0.2, 0.25) is 6.79 Å². The van der Waals surface area contributed by atoms with Gasteiger partial charge in [-0.15, -0.1) is 0 Å². The Kier molecular flexibility index (Phi) is 4.97. The van der Waals surface area contributed by atoms with Crippen molar-refractivity contribution in [2.75, 3.05) is 13.3 Å². The summed E-state index contributed by atoms with van der Waals surface area (Å²) < 4.78 is 10.7. The van der Waals surface area contributed by atoms with Crippen molar-refractivity contribution in [3.05, 3.63) is 35.1 Å². The Hall–Kier alpha value is -2.50. The van der Waals surface area contributed by atoms with E-state index in [9.17, 15) is 14.7 Å². The number of aliphatic hydroxyl groups excluding tert-OH is 1. The van der Waals surface area contributed by atoms with Crippen LogP contribution in [0.2, 0.25) is 0 Å². The van der Waals surface area contributed by atoms with Crippen molar-refractivity contribution in [3.63, 3.8) is 0 Å². The number of aliphatic hydroxyl groups is 1. The molecular weight excluding hydrogens is 322 g/mol. The van der Waals surface area contributed by atoms with E-state index in [4.69, 9.17) is 9.47 Å². The van der Waals surface area contributed by atoms with Gasteiger partial charge in [-0.2, -0.15) is 0 Å².